The molecule has 0 aliphatic rings. The van der Waals surface area contributed by atoms with Gasteiger partial charge < -0.3 is 5.11 Å². The number of phenolic OH excluding ortho intramolecular Hbond substituents is 1. The number of nitrogens with one attached hydrogen (secondary N) is 1. The van der Waals surface area contributed by atoms with Crippen molar-refractivity contribution in [2.75, 3.05) is 4.72 Å². The molecule has 2 N–H and O–H groups in total. The fourth-order valence-corrected chi connectivity index (χ4v) is 2.67. The fourth-order valence-electron chi connectivity index (χ4n) is 1.55. The van der Waals surface area contributed by atoms with Gasteiger partial charge >= 0.3 is 0 Å². The molecule has 2 rings (SSSR count). The van der Waals surface area contributed by atoms with E-state index >= 15 is 0 Å². The Hall–Kier alpha value is -2.08. The lowest BCUT2D eigenvalue weighted by Crippen LogP contribution is -2.13. The molecule has 19 heavy (non-hydrogen) atoms. The summed E-state index contributed by atoms with van der Waals surface area (Å²) in [6.07, 6.45) is 0. The van der Waals surface area contributed by atoms with Crippen LogP contribution in [0.3, 0.4) is 0 Å². The Labute approximate surface area is 110 Å². The Kier molecular flexibility index (Phi) is 3.44. The van der Waals surface area contributed by atoms with Crippen molar-refractivity contribution in [3.63, 3.8) is 0 Å². The number of sulfonamides is 1. The molecular formula is C13H12FNO3S. The molecule has 100 valence electrons. The van der Waals surface area contributed by atoms with Crippen LogP contribution in [-0.4, -0.2) is 13.5 Å². The molecule has 0 radical (unpaired) electrons. The van der Waals surface area contributed by atoms with E-state index in [0.717, 1.165) is 0 Å². The van der Waals surface area contributed by atoms with Crippen LogP contribution in [0.1, 0.15) is 5.56 Å². The maximum atomic E-state index is 13.3. The van der Waals surface area contributed by atoms with Crippen molar-refractivity contribution in [3.8, 4) is 5.75 Å². The zero-order valence-electron chi connectivity index (χ0n) is 10.1. The Morgan fingerprint density at radius 1 is 1.11 bits per heavy atom. The first-order chi connectivity index (χ1) is 8.90. The van der Waals surface area contributed by atoms with Gasteiger partial charge in [0.15, 0.2) is 0 Å². The molecule has 0 saturated heterocycles. The van der Waals surface area contributed by atoms with Crippen molar-refractivity contribution in [3.05, 3.63) is 53.8 Å². The van der Waals surface area contributed by atoms with Gasteiger partial charge in [-0.1, -0.05) is 6.07 Å². The van der Waals surface area contributed by atoms with Gasteiger partial charge in [-0.25, -0.2) is 12.8 Å². The van der Waals surface area contributed by atoms with Crippen molar-refractivity contribution in [1.29, 1.82) is 0 Å². The number of phenols is 1. The number of benzene rings is 2. The van der Waals surface area contributed by atoms with E-state index in [4.69, 9.17) is 5.11 Å². The molecule has 0 aromatic heterocycles. The first-order valence-corrected chi connectivity index (χ1v) is 6.95. The van der Waals surface area contributed by atoms with Crippen molar-refractivity contribution in [2.24, 2.45) is 0 Å². The molecule has 0 heterocycles. The Bertz CT molecular complexity index is 696. The summed E-state index contributed by atoms with van der Waals surface area (Å²) in [5.74, 6) is -0.508. The maximum Gasteiger partial charge on any atom is 0.261 e. The average molecular weight is 281 g/mol. The normalized spacial score (nSPS) is 11.3. The first kappa shape index (κ1) is 13.4. The van der Waals surface area contributed by atoms with Gasteiger partial charge in [0.2, 0.25) is 0 Å². The first-order valence-electron chi connectivity index (χ1n) is 5.47. The molecule has 0 spiro atoms. The summed E-state index contributed by atoms with van der Waals surface area (Å²) >= 11 is 0. The lowest BCUT2D eigenvalue weighted by Gasteiger charge is -2.10. The average Bonchev–Trinajstić information content (AvgIpc) is 2.35. The summed E-state index contributed by atoms with van der Waals surface area (Å²) in [5.41, 5.74) is 0.415. The minimum atomic E-state index is -3.80. The third kappa shape index (κ3) is 2.85. The molecule has 0 bridgehead atoms. The minimum absolute atomic E-state index is 0.00559. The summed E-state index contributed by atoms with van der Waals surface area (Å²) in [5, 5.41) is 9.13. The summed E-state index contributed by atoms with van der Waals surface area (Å²) < 4.78 is 39.8. The van der Waals surface area contributed by atoms with Gasteiger partial charge in [0.05, 0.1) is 10.6 Å². The Morgan fingerprint density at radius 3 is 2.37 bits per heavy atom. The maximum absolute atomic E-state index is 13.3. The standard InChI is InChI=1S/C13H12FNO3S/c1-9-12(14)3-2-4-13(9)15-19(17,18)11-7-5-10(16)6-8-11/h2-8,15-16H,1H3. The molecular weight excluding hydrogens is 269 g/mol. The molecule has 4 nitrogen and oxygen atoms in total. The Morgan fingerprint density at radius 2 is 1.74 bits per heavy atom. The van der Waals surface area contributed by atoms with Gasteiger partial charge in [-0.15, -0.1) is 0 Å². The highest BCUT2D eigenvalue weighted by Crippen LogP contribution is 2.22. The van der Waals surface area contributed by atoms with Crippen molar-refractivity contribution in [1.82, 2.24) is 0 Å². The third-order valence-corrected chi connectivity index (χ3v) is 4.04. The van der Waals surface area contributed by atoms with Gasteiger partial charge in [0.1, 0.15) is 11.6 Å². The van der Waals surface area contributed by atoms with Gasteiger partial charge in [0, 0.05) is 5.56 Å². The molecule has 0 aliphatic heterocycles. The minimum Gasteiger partial charge on any atom is -0.508 e. The lowest BCUT2D eigenvalue weighted by molar-refractivity contribution is 0.475. The van der Waals surface area contributed by atoms with E-state index in [-0.39, 0.29) is 21.9 Å². The zero-order chi connectivity index (χ0) is 14.0. The second-order valence-electron chi connectivity index (χ2n) is 4.01. The van der Waals surface area contributed by atoms with E-state index in [2.05, 4.69) is 4.72 Å². The molecule has 6 heteroatoms. The quantitative estimate of drug-likeness (QED) is 0.909. The van der Waals surface area contributed by atoms with Crippen LogP contribution in [0.2, 0.25) is 0 Å². The summed E-state index contributed by atoms with van der Waals surface area (Å²) in [6, 6.07) is 9.25. The fraction of sp³-hybridized carbons (Fsp3) is 0.0769. The number of halogens is 1. The predicted octanol–water partition coefficient (Wildman–Crippen LogP) is 2.64. The van der Waals surface area contributed by atoms with Crippen LogP contribution in [-0.2, 0) is 10.0 Å². The molecule has 0 atom stereocenters. The van der Waals surface area contributed by atoms with Crippen molar-refractivity contribution in [2.45, 2.75) is 11.8 Å². The van der Waals surface area contributed by atoms with Gasteiger partial charge in [-0.3, -0.25) is 4.72 Å². The number of hydrogen-bond acceptors (Lipinski definition) is 3. The summed E-state index contributed by atoms with van der Waals surface area (Å²) in [7, 11) is -3.80. The third-order valence-electron chi connectivity index (χ3n) is 2.66. The van der Waals surface area contributed by atoms with Crippen LogP contribution >= 0.6 is 0 Å². The smallest absolute Gasteiger partial charge is 0.261 e. The highest BCUT2D eigenvalue weighted by Gasteiger charge is 2.16. The number of rotatable bonds is 3. The van der Waals surface area contributed by atoms with Gasteiger partial charge in [0.25, 0.3) is 10.0 Å². The second-order valence-corrected chi connectivity index (χ2v) is 5.69. The molecule has 0 fully saturated rings. The van der Waals surface area contributed by atoms with Crippen LogP contribution in [0.5, 0.6) is 5.75 Å². The topological polar surface area (TPSA) is 66.4 Å². The monoisotopic (exact) mass is 281 g/mol. The van der Waals surface area contributed by atoms with E-state index in [1.165, 1.54) is 49.4 Å². The van der Waals surface area contributed by atoms with E-state index in [1.807, 2.05) is 0 Å². The van der Waals surface area contributed by atoms with Crippen molar-refractivity contribution >= 4 is 15.7 Å². The highest BCUT2D eigenvalue weighted by molar-refractivity contribution is 7.92. The molecule has 0 amide bonds. The van der Waals surface area contributed by atoms with Crippen LogP contribution in [0.25, 0.3) is 0 Å². The summed E-state index contributed by atoms with van der Waals surface area (Å²) in [4.78, 5) is -0.00559. The van der Waals surface area contributed by atoms with Crippen molar-refractivity contribution < 1.29 is 17.9 Å². The van der Waals surface area contributed by atoms with Crippen LogP contribution in [0.4, 0.5) is 10.1 Å². The molecule has 0 aliphatic carbocycles. The van der Waals surface area contributed by atoms with Gasteiger partial charge in [-0.05, 0) is 43.3 Å². The molecule has 2 aromatic carbocycles. The number of anilines is 1. The van der Waals surface area contributed by atoms with E-state index < -0.39 is 15.8 Å². The predicted molar refractivity (Wildman–Crippen MR) is 70.1 cm³/mol. The highest BCUT2D eigenvalue weighted by atomic mass is 32.2. The number of aromatic hydroxyl groups is 1. The lowest BCUT2D eigenvalue weighted by atomic mass is 10.2. The van der Waals surface area contributed by atoms with Gasteiger partial charge in [-0.2, -0.15) is 0 Å². The number of hydrogen-bond donors (Lipinski definition) is 2. The van der Waals surface area contributed by atoms with E-state index in [0.29, 0.717) is 0 Å². The molecule has 2 aromatic rings. The Balaban J connectivity index is 2.36. The van der Waals surface area contributed by atoms with E-state index in [1.54, 1.807) is 0 Å². The molecule has 0 saturated carbocycles. The zero-order valence-corrected chi connectivity index (χ0v) is 10.9. The molecule has 0 unspecified atom stereocenters. The SMILES string of the molecule is Cc1c(F)cccc1NS(=O)(=O)c1ccc(O)cc1. The summed E-state index contributed by atoms with van der Waals surface area (Å²) in [6.45, 7) is 1.49. The second kappa shape index (κ2) is 4.89. The van der Waals surface area contributed by atoms with E-state index in [9.17, 15) is 12.8 Å². The van der Waals surface area contributed by atoms with Crippen LogP contribution < -0.4 is 4.72 Å². The largest absolute Gasteiger partial charge is 0.508 e. The van der Waals surface area contributed by atoms with Crippen LogP contribution in [0, 0.1) is 12.7 Å². The van der Waals surface area contributed by atoms with Crippen LogP contribution in [0.15, 0.2) is 47.4 Å².